The summed E-state index contributed by atoms with van der Waals surface area (Å²) in [5.41, 5.74) is 3.17. The van der Waals surface area contributed by atoms with Crippen LogP contribution in [0.5, 0.6) is 0 Å². The first-order valence-corrected chi connectivity index (χ1v) is 8.90. The lowest BCUT2D eigenvalue weighted by Gasteiger charge is -2.18. The highest BCUT2D eigenvalue weighted by molar-refractivity contribution is 6.08. The molecule has 0 saturated heterocycles. The second kappa shape index (κ2) is 7.43. The van der Waals surface area contributed by atoms with E-state index in [1.54, 1.807) is 35.8 Å². The van der Waals surface area contributed by atoms with Gasteiger partial charge in [0.05, 0.1) is 12.5 Å². The maximum absolute atomic E-state index is 4.73. The van der Waals surface area contributed by atoms with Crippen molar-refractivity contribution in [3.05, 3.63) is 84.3 Å². The molecule has 1 heterocycles. The summed E-state index contributed by atoms with van der Waals surface area (Å²) in [5.74, 6) is 0. The van der Waals surface area contributed by atoms with Gasteiger partial charge in [0, 0.05) is 0 Å². The van der Waals surface area contributed by atoms with Gasteiger partial charge in [-0.05, 0) is 70.5 Å². The Morgan fingerprint density at radius 3 is 2.28 bits per heavy atom. The van der Waals surface area contributed by atoms with E-state index in [-0.39, 0.29) is 0 Å². The largest absolute Gasteiger partial charge is 0.465 e. The van der Waals surface area contributed by atoms with Gasteiger partial charge in [-0.15, -0.1) is 0 Å². The minimum atomic E-state index is 0.326. The van der Waals surface area contributed by atoms with Crippen molar-refractivity contribution in [2.45, 2.75) is 25.7 Å². The van der Waals surface area contributed by atoms with Crippen LogP contribution in [0.3, 0.4) is 0 Å². The van der Waals surface area contributed by atoms with Gasteiger partial charge in [0.25, 0.3) is 0 Å². The molecule has 0 unspecified atom stereocenters. The molecule has 1 aliphatic carbocycles. The predicted octanol–water partition coefficient (Wildman–Crippen LogP) is 5.89. The third kappa shape index (κ3) is 3.39. The number of ether oxygens (including phenoxy) is 2. The van der Waals surface area contributed by atoms with Gasteiger partial charge < -0.3 is 9.47 Å². The Balaban J connectivity index is 0.000000190. The van der Waals surface area contributed by atoms with Gasteiger partial charge in [-0.2, -0.15) is 0 Å². The standard InChI is InChI=1S/C18H16.C5H6O2/c1-3-7-15-13(5-1)9-11-18-16-8-4-2-6-14(16)10-12-17(15)18;1-2-4-7-5-6-3-1/h1,3,5,7,9-12H,2,4,6,8H2;1-4H,5H2. The van der Waals surface area contributed by atoms with Crippen molar-refractivity contribution in [2.75, 3.05) is 6.79 Å². The van der Waals surface area contributed by atoms with Crippen molar-refractivity contribution in [2.24, 2.45) is 0 Å². The molecule has 2 aliphatic rings. The fourth-order valence-corrected chi connectivity index (χ4v) is 3.66. The van der Waals surface area contributed by atoms with Crippen LogP contribution in [-0.4, -0.2) is 6.79 Å². The fourth-order valence-electron chi connectivity index (χ4n) is 3.66. The first-order valence-electron chi connectivity index (χ1n) is 8.90. The lowest BCUT2D eigenvalue weighted by atomic mass is 9.86. The zero-order valence-electron chi connectivity index (χ0n) is 14.3. The number of rotatable bonds is 0. The fraction of sp³-hybridized carbons (Fsp3) is 0.217. The highest BCUT2D eigenvalue weighted by Gasteiger charge is 2.13. The van der Waals surface area contributed by atoms with Gasteiger partial charge in [0.15, 0.2) is 0 Å². The Hall–Kier alpha value is -2.74. The summed E-state index contributed by atoms with van der Waals surface area (Å²) in [7, 11) is 0. The second-order valence-corrected chi connectivity index (χ2v) is 6.40. The van der Waals surface area contributed by atoms with Crippen LogP contribution in [0, 0.1) is 0 Å². The van der Waals surface area contributed by atoms with Crippen LogP contribution >= 0.6 is 0 Å². The predicted molar refractivity (Wildman–Crippen MR) is 103 cm³/mol. The number of hydrogen-bond donors (Lipinski definition) is 0. The first kappa shape index (κ1) is 15.8. The topological polar surface area (TPSA) is 18.5 Å². The van der Waals surface area contributed by atoms with E-state index in [1.165, 1.54) is 47.2 Å². The van der Waals surface area contributed by atoms with Gasteiger partial charge in [0.1, 0.15) is 0 Å². The molecule has 2 heteroatoms. The summed E-state index contributed by atoms with van der Waals surface area (Å²) in [6.45, 7) is 0.326. The summed E-state index contributed by atoms with van der Waals surface area (Å²) in [6.07, 6.45) is 11.9. The van der Waals surface area contributed by atoms with Crippen LogP contribution in [0.2, 0.25) is 0 Å². The van der Waals surface area contributed by atoms with Crippen molar-refractivity contribution in [1.29, 1.82) is 0 Å². The smallest absolute Gasteiger partial charge is 0.229 e. The minimum Gasteiger partial charge on any atom is -0.465 e. The summed E-state index contributed by atoms with van der Waals surface area (Å²) < 4.78 is 9.46. The van der Waals surface area contributed by atoms with E-state index in [4.69, 9.17) is 9.47 Å². The van der Waals surface area contributed by atoms with Crippen LogP contribution in [0.1, 0.15) is 24.0 Å². The Morgan fingerprint density at radius 2 is 1.40 bits per heavy atom. The molecule has 0 N–H and O–H groups in total. The first-order chi connectivity index (χ1) is 12.4. The third-order valence-electron chi connectivity index (χ3n) is 4.85. The summed E-state index contributed by atoms with van der Waals surface area (Å²) in [5, 5.41) is 5.64. The molecule has 0 saturated carbocycles. The molecule has 0 radical (unpaired) electrons. The van der Waals surface area contributed by atoms with E-state index < -0.39 is 0 Å². The van der Waals surface area contributed by atoms with E-state index in [0.717, 1.165) is 0 Å². The van der Waals surface area contributed by atoms with E-state index in [0.29, 0.717) is 6.79 Å². The molecule has 1 aliphatic heterocycles. The van der Waals surface area contributed by atoms with E-state index in [9.17, 15) is 0 Å². The van der Waals surface area contributed by atoms with Crippen molar-refractivity contribution in [3.8, 4) is 0 Å². The van der Waals surface area contributed by atoms with Crippen LogP contribution in [-0.2, 0) is 22.3 Å². The van der Waals surface area contributed by atoms with Crippen molar-refractivity contribution in [3.63, 3.8) is 0 Å². The van der Waals surface area contributed by atoms with E-state index >= 15 is 0 Å². The van der Waals surface area contributed by atoms with Gasteiger partial charge in [0.2, 0.25) is 6.79 Å². The Labute approximate surface area is 148 Å². The Bertz CT molecular complexity index is 925. The molecule has 3 aromatic carbocycles. The second-order valence-electron chi connectivity index (χ2n) is 6.40. The zero-order chi connectivity index (χ0) is 16.9. The number of allylic oxidation sites excluding steroid dienone is 2. The molecular formula is C23H22O2. The molecule has 3 aromatic rings. The summed E-state index contributed by atoms with van der Waals surface area (Å²) in [6, 6.07) is 18.0. The molecule has 0 amide bonds. The SMILES string of the molecule is C1=COCOC=C1.c1ccc2c(c1)ccc1c3c(ccc12)CCCC3. The summed E-state index contributed by atoms with van der Waals surface area (Å²) in [4.78, 5) is 0. The maximum Gasteiger partial charge on any atom is 0.229 e. The molecule has 5 rings (SSSR count). The average molecular weight is 330 g/mol. The van der Waals surface area contributed by atoms with Crippen LogP contribution in [0.15, 0.2) is 73.2 Å². The number of hydrogen-bond acceptors (Lipinski definition) is 2. The van der Waals surface area contributed by atoms with Crippen LogP contribution in [0.4, 0.5) is 0 Å². The lowest BCUT2D eigenvalue weighted by Crippen LogP contribution is -2.02. The van der Waals surface area contributed by atoms with Crippen molar-refractivity contribution in [1.82, 2.24) is 0 Å². The van der Waals surface area contributed by atoms with Crippen LogP contribution < -0.4 is 0 Å². The van der Waals surface area contributed by atoms with Crippen molar-refractivity contribution < 1.29 is 9.47 Å². The molecule has 0 bridgehead atoms. The molecule has 0 atom stereocenters. The third-order valence-corrected chi connectivity index (χ3v) is 4.85. The normalized spacial score (nSPS) is 15.5. The lowest BCUT2D eigenvalue weighted by molar-refractivity contribution is 0.0483. The molecule has 0 fully saturated rings. The highest BCUT2D eigenvalue weighted by atomic mass is 16.7. The van der Waals surface area contributed by atoms with Gasteiger partial charge >= 0.3 is 0 Å². The minimum absolute atomic E-state index is 0.326. The van der Waals surface area contributed by atoms with E-state index in [1.807, 2.05) is 0 Å². The van der Waals surface area contributed by atoms with Gasteiger partial charge in [-0.3, -0.25) is 0 Å². The van der Waals surface area contributed by atoms with Crippen molar-refractivity contribution >= 4 is 21.5 Å². The molecule has 25 heavy (non-hydrogen) atoms. The zero-order valence-corrected chi connectivity index (χ0v) is 14.3. The quantitative estimate of drug-likeness (QED) is 0.478. The van der Waals surface area contributed by atoms with E-state index in [2.05, 4.69) is 48.5 Å². The average Bonchev–Trinajstić information content (AvgIpc) is 3.01. The maximum atomic E-state index is 4.73. The molecule has 126 valence electrons. The number of fused-ring (bicyclic) bond motifs is 5. The highest BCUT2D eigenvalue weighted by Crippen LogP contribution is 2.33. The number of benzene rings is 3. The summed E-state index contributed by atoms with van der Waals surface area (Å²) >= 11 is 0. The Kier molecular flexibility index (Phi) is 4.69. The van der Waals surface area contributed by atoms with Gasteiger partial charge in [-0.1, -0.05) is 48.5 Å². The van der Waals surface area contributed by atoms with Crippen LogP contribution in [0.25, 0.3) is 21.5 Å². The molecular weight excluding hydrogens is 308 g/mol. The molecule has 0 aromatic heterocycles. The Morgan fingerprint density at radius 1 is 0.640 bits per heavy atom. The number of aryl methyl sites for hydroxylation is 2. The monoisotopic (exact) mass is 330 g/mol. The van der Waals surface area contributed by atoms with Gasteiger partial charge in [-0.25, -0.2) is 0 Å². The molecule has 0 spiro atoms. The molecule has 2 nitrogen and oxygen atoms in total.